The molecule has 0 spiro atoms. The van der Waals surface area contributed by atoms with Gasteiger partial charge in [0.2, 0.25) is 5.69 Å². The summed E-state index contributed by atoms with van der Waals surface area (Å²) in [5.41, 5.74) is 6.36. The zero-order valence-corrected chi connectivity index (χ0v) is 26.5. The molecule has 4 aromatic carbocycles. The van der Waals surface area contributed by atoms with E-state index in [9.17, 15) is 0 Å². The van der Waals surface area contributed by atoms with Crippen molar-refractivity contribution in [2.75, 3.05) is 16.8 Å². The van der Waals surface area contributed by atoms with E-state index in [1.165, 1.54) is 5.56 Å². The molecular weight excluding hydrogens is 714 g/mol. The zero-order valence-electron chi connectivity index (χ0n) is 24.2. The van der Waals surface area contributed by atoms with Crippen LogP contribution in [0.5, 0.6) is 11.5 Å². The maximum Gasteiger partial charge on any atom is 0.249 e. The predicted molar refractivity (Wildman–Crippen MR) is 169 cm³/mol. The SMILES string of the molecule is [C-]#[N+]c1cc2c3ccccc3n(-c3cc(C(C)(C)C)ccn3)c2[c-]c1Oc1[c-]c(N2[CH-]N(C)c3ccccc32)ccc1.[Pt]. The third kappa shape index (κ3) is 4.94. The number of hydrogen-bond donors (Lipinski definition) is 0. The largest absolute Gasteiger partial charge is 0.504 e. The number of para-hydroxylation sites is 3. The van der Waals surface area contributed by atoms with Crippen LogP contribution in [0.25, 0.3) is 32.5 Å². The van der Waals surface area contributed by atoms with E-state index < -0.39 is 0 Å². The van der Waals surface area contributed by atoms with Crippen LogP contribution in [0.1, 0.15) is 26.3 Å². The number of rotatable bonds is 4. The number of ether oxygens (including phenoxy) is 1. The summed E-state index contributed by atoms with van der Waals surface area (Å²) in [4.78, 5) is 12.7. The molecule has 7 heteroatoms. The first kappa shape index (κ1) is 28.5. The molecule has 0 aliphatic carbocycles. The number of benzene rings is 4. The summed E-state index contributed by atoms with van der Waals surface area (Å²) >= 11 is 0. The van der Waals surface area contributed by atoms with Gasteiger partial charge in [-0.15, -0.1) is 30.0 Å². The standard InChI is InChI=1S/C36H28N5O.Pt/c1-36(2,3)24-17-18-38-35(19-24)41-30-14-7-6-13-27(30)28-21-29(37-4)34(22-33(28)41)42-26-12-10-11-25(20-26)40-23-39(5)31-15-8-9-16-32(31)40;/h6-19,21,23H,1-3,5H3;/q-3;. The maximum absolute atomic E-state index is 7.96. The summed E-state index contributed by atoms with van der Waals surface area (Å²) in [5, 5.41) is 1.96. The fourth-order valence-corrected chi connectivity index (χ4v) is 5.52. The normalized spacial score (nSPS) is 12.7. The summed E-state index contributed by atoms with van der Waals surface area (Å²) in [6.45, 7) is 16.6. The van der Waals surface area contributed by atoms with Crippen molar-refractivity contribution in [2.24, 2.45) is 0 Å². The van der Waals surface area contributed by atoms with Crippen molar-refractivity contribution in [1.82, 2.24) is 9.55 Å². The molecule has 7 rings (SSSR count). The molecule has 1 aliphatic rings. The van der Waals surface area contributed by atoms with E-state index in [0.717, 1.165) is 44.7 Å². The average molecular weight is 742 g/mol. The van der Waals surface area contributed by atoms with Crippen LogP contribution < -0.4 is 14.5 Å². The summed E-state index contributed by atoms with van der Waals surface area (Å²) in [6, 6.07) is 35.1. The number of anilines is 3. The Morgan fingerprint density at radius 1 is 0.884 bits per heavy atom. The second kappa shape index (κ2) is 10.9. The van der Waals surface area contributed by atoms with Gasteiger partial charge in [-0.1, -0.05) is 68.1 Å². The van der Waals surface area contributed by atoms with Crippen molar-refractivity contribution in [1.29, 1.82) is 0 Å². The molecule has 1 aliphatic heterocycles. The molecular formula is C36H28N5OPt-3. The second-order valence-corrected chi connectivity index (χ2v) is 11.5. The molecule has 0 atom stereocenters. The first-order valence-corrected chi connectivity index (χ1v) is 13.8. The van der Waals surface area contributed by atoms with Crippen LogP contribution in [-0.2, 0) is 26.5 Å². The molecule has 0 saturated carbocycles. The predicted octanol–water partition coefficient (Wildman–Crippen LogP) is 9.12. The molecule has 0 saturated heterocycles. The summed E-state index contributed by atoms with van der Waals surface area (Å²) in [6.07, 6.45) is 1.85. The quantitative estimate of drug-likeness (QED) is 0.169. The van der Waals surface area contributed by atoms with Gasteiger partial charge >= 0.3 is 0 Å². The fourth-order valence-electron chi connectivity index (χ4n) is 5.52. The number of hydrogen-bond acceptors (Lipinski definition) is 4. The number of aromatic nitrogens is 2. The van der Waals surface area contributed by atoms with Crippen LogP contribution >= 0.6 is 0 Å². The van der Waals surface area contributed by atoms with Crippen LogP contribution in [0.4, 0.5) is 22.7 Å². The van der Waals surface area contributed by atoms with Crippen LogP contribution in [0.3, 0.4) is 0 Å². The van der Waals surface area contributed by atoms with Gasteiger partial charge in [0, 0.05) is 49.9 Å². The molecule has 6 aromatic rings. The molecule has 0 radical (unpaired) electrons. The Bertz CT molecular complexity index is 2030. The van der Waals surface area contributed by atoms with Gasteiger partial charge in [0.15, 0.2) is 0 Å². The molecule has 3 heterocycles. The minimum atomic E-state index is -0.0331. The molecule has 2 aromatic heterocycles. The van der Waals surface area contributed by atoms with Crippen molar-refractivity contribution in [3.63, 3.8) is 0 Å². The molecule has 6 nitrogen and oxygen atoms in total. The zero-order chi connectivity index (χ0) is 29.0. The van der Waals surface area contributed by atoms with E-state index in [1.807, 2.05) is 68.4 Å². The molecule has 0 unspecified atom stereocenters. The van der Waals surface area contributed by atoms with Gasteiger partial charge < -0.3 is 19.1 Å². The Balaban J connectivity index is 0.00000329. The van der Waals surface area contributed by atoms with E-state index in [-0.39, 0.29) is 26.5 Å². The fraction of sp³-hybridized carbons (Fsp3) is 0.139. The summed E-state index contributed by atoms with van der Waals surface area (Å²) in [7, 11) is 2.02. The third-order valence-electron chi connectivity index (χ3n) is 7.66. The maximum atomic E-state index is 7.96. The molecule has 0 amide bonds. The van der Waals surface area contributed by atoms with Gasteiger partial charge in [0.1, 0.15) is 18.1 Å². The van der Waals surface area contributed by atoms with Gasteiger partial charge in [-0.05, 0) is 53.7 Å². The van der Waals surface area contributed by atoms with E-state index >= 15 is 0 Å². The van der Waals surface area contributed by atoms with Crippen LogP contribution in [0.2, 0.25) is 0 Å². The summed E-state index contributed by atoms with van der Waals surface area (Å²) in [5.74, 6) is 1.65. The first-order chi connectivity index (χ1) is 20.3. The second-order valence-electron chi connectivity index (χ2n) is 11.5. The Kier molecular flexibility index (Phi) is 7.24. The molecule has 43 heavy (non-hydrogen) atoms. The van der Waals surface area contributed by atoms with Crippen molar-refractivity contribution < 1.29 is 25.8 Å². The topological polar surface area (TPSA) is 37.9 Å². The number of nitrogens with zero attached hydrogens (tertiary/aromatic N) is 5. The van der Waals surface area contributed by atoms with Gasteiger partial charge in [-0.25, -0.2) is 9.83 Å². The molecule has 0 N–H and O–H groups in total. The molecule has 0 bridgehead atoms. The van der Waals surface area contributed by atoms with E-state index in [0.29, 0.717) is 17.2 Å². The van der Waals surface area contributed by atoms with Crippen LogP contribution in [-0.4, -0.2) is 16.6 Å². The van der Waals surface area contributed by atoms with Crippen molar-refractivity contribution in [3.8, 4) is 17.3 Å². The van der Waals surface area contributed by atoms with E-state index in [2.05, 4.69) is 88.5 Å². The smallest absolute Gasteiger partial charge is 0.249 e. The van der Waals surface area contributed by atoms with Crippen molar-refractivity contribution in [3.05, 3.63) is 127 Å². The third-order valence-corrected chi connectivity index (χ3v) is 7.66. The first-order valence-electron chi connectivity index (χ1n) is 13.8. The van der Waals surface area contributed by atoms with E-state index in [4.69, 9.17) is 16.3 Å². The minimum absolute atomic E-state index is 0. The van der Waals surface area contributed by atoms with Gasteiger partial charge in [0.25, 0.3) is 0 Å². The van der Waals surface area contributed by atoms with Crippen LogP contribution in [0.15, 0.2) is 91.1 Å². The van der Waals surface area contributed by atoms with Gasteiger partial charge in [-0.2, -0.15) is 12.7 Å². The van der Waals surface area contributed by atoms with Crippen molar-refractivity contribution in [2.45, 2.75) is 26.2 Å². The van der Waals surface area contributed by atoms with Crippen molar-refractivity contribution >= 4 is 44.6 Å². The van der Waals surface area contributed by atoms with Gasteiger partial charge in [-0.3, -0.25) is 0 Å². The van der Waals surface area contributed by atoms with E-state index in [1.54, 1.807) is 0 Å². The molecule has 0 fully saturated rings. The monoisotopic (exact) mass is 741 g/mol. The minimum Gasteiger partial charge on any atom is -0.504 e. The summed E-state index contributed by atoms with van der Waals surface area (Å²) < 4.78 is 8.48. The number of fused-ring (bicyclic) bond motifs is 4. The Hall–Kier alpha value is -4.59. The number of pyridine rings is 1. The van der Waals surface area contributed by atoms with Crippen LogP contribution in [0, 0.1) is 25.4 Å². The van der Waals surface area contributed by atoms with Gasteiger partial charge in [0.05, 0.1) is 0 Å². The molecule has 216 valence electrons. The Labute approximate surface area is 266 Å². The average Bonchev–Trinajstić information content (AvgIpc) is 3.51. The Morgan fingerprint density at radius 3 is 2.44 bits per heavy atom. The Morgan fingerprint density at radius 2 is 1.65 bits per heavy atom.